The van der Waals surface area contributed by atoms with Crippen molar-refractivity contribution in [3.05, 3.63) is 36.3 Å². The van der Waals surface area contributed by atoms with Crippen molar-refractivity contribution in [3.63, 3.8) is 0 Å². The minimum atomic E-state index is 0.483. The monoisotopic (exact) mass is 281 g/mol. The van der Waals surface area contributed by atoms with Gasteiger partial charge in [-0.05, 0) is 38.0 Å². The number of nitrogens with zero attached hydrogens (tertiary/aromatic N) is 3. The van der Waals surface area contributed by atoms with E-state index < -0.39 is 0 Å². The number of aryl methyl sites for hydroxylation is 1. The zero-order chi connectivity index (χ0) is 14.3. The highest BCUT2D eigenvalue weighted by Gasteiger charge is 2.52. The van der Waals surface area contributed by atoms with Crippen LogP contribution in [0, 0.1) is 12.3 Å². The van der Waals surface area contributed by atoms with Gasteiger partial charge in [-0.1, -0.05) is 0 Å². The number of rotatable bonds is 3. The first-order valence-electron chi connectivity index (χ1n) is 7.49. The molecule has 1 aliphatic carbocycles. The highest BCUT2D eigenvalue weighted by Crippen LogP contribution is 2.51. The van der Waals surface area contributed by atoms with Crippen LogP contribution >= 0.6 is 0 Å². The maximum absolute atomic E-state index is 4.69. The summed E-state index contributed by atoms with van der Waals surface area (Å²) in [5, 5.41) is 7.09. The molecular formula is C16H19N5. The molecule has 2 aromatic rings. The van der Waals surface area contributed by atoms with Crippen LogP contribution in [0.5, 0.6) is 0 Å². The lowest BCUT2D eigenvalue weighted by Crippen LogP contribution is -2.29. The highest BCUT2D eigenvalue weighted by molar-refractivity contribution is 5.60. The van der Waals surface area contributed by atoms with Crippen LogP contribution < -0.4 is 10.6 Å². The molecule has 1 saturated heterocycles. The van der Waals surface area contributed by atoms with Crippen LogP contribution in [0.1, 0.15) is 18.5 Å². The van der Waals surface area contributed by atoms with Gasteiger partial charge >= 0.3 is 0 Å². The molecule has 108 valence electrons. The number of nitrogens with one attached hydrogen (secondary N) is 2. The predicted octanol–water partition coefficient (Wildman–Crippen LogP) is 2.01. The Kier molecular flexibility index (Phi) is 2.89. The highest BCUT2D eigenvalue weighted by atomic mass is 15.1. The minimum absolute atomic E-state index is 0.483. The fourth-order valence-electron chi connectivity index (χ4n) is 3.19. The summed E-state index contributed by atoms with van der Waals surface area (Å²) in [7, 11) is 0. The molecule has 3 heterocycles. The molecule has 1 saturated carbocycles. The lowest BCUT2D eigenvalue weighted by Gasteiger charge is -2.20. The van der Waals surface area contributed by atoms with Crippen molar-refractivity contribution in [2.24, 2.45) is 5.41 Å². The van der Waals surface area contributed by atoms with Crippen molar-refractivity contribution in [2.45, 2.75) is 25.8 Å². The molecule has 0 bridgehead atoms. The van der Waals surface area contributed by atoms with E-state index in [0.717, 1.165) is 36.0 Å². The molecule has 0 amide bonds. The summed E-state index contributed by atoms with van der Waals surface area (Å²) in [4.78, 5) is 13.3. The van der Waals surface area contributed by atoms with Crippen LogP contribution in [-0.4, -0.2) is 34.1 Å². The molecule has 2 N–H and O–H groups in total. The van der Waals surface area contributed by atoms with Gasteiger partial charge in [0.25, 0.3) is 0 Å². The maximum atomic E-state index is 4.69. The van der Waals surface area contributed by atoms with Gasteiger partial charge in [0.05, 0.1) is 5.69 Å². The molecule has 1 atom stereocenters. The van der Waals surface area contributed by atoms with Crippen molar-refractivity contribution in [1.82, 2.24) is 20.3 Å². The van der Waals surface area contributed by atoms with Gasteiger partial charge in [-0.25, -0.2) is 15.0 Å². The number of hydrogen-bond donors (Lipinski definition) is 2. The first-order chi connectivity index (χ1) is 10.3. The molecule has 5 heteroatoms. The molecule has 4 rings (SSSR count). The van der Waals surface area contributed by atoms with E-state index >= 15 is 0 Å². The summed E-state index contributed by atoms with van der Waals surface area (Å²) < 4.78 is 0. The number of hydrogen-bond acceptors (Lipinski definition) is 5. The Labute approximate surface area is 124 Å². The predicted molar refractivity (Wildman–Crippen MR) is 81.9 cm³/mol. The number of pyridine rings is 1. The lowest BCUT2D eigenvalue weighted by atomic mass is 10.0. The quantitative estimate of drug-likeness (QED) is 0.901. The van der Waals surface area contributed by atoms with Crippen molar-refractivity contribution >= 4 is 5.82 Å². The molecule has 21 heavy (non-hydrogen) atoms. The summed E-state index contributed by atoms with van der Waals surface area (Å²) >= 11 is 0. The molecule has 0 radical (unpaired) electrons. The van der Waals surface area contributed by atoms with E-state index in [4.69, 9.17) is 0 Å². The van der Waals surface area contributed by atoms with Crippen molar-refractivity contribution in [3.8, 4) is 11.4 Å². The van der Waals surface area contributed by atoms with Crippen LogP contribution in [0.25, 0.3) is 11.4 Å². The van der Waals surface area contributed by atoms with Crippen LogP contribution in [0.3, 0.4) is 0 Å². The van der Waals surface area contributed by atoms with E-state index in [1.165, 1.54) is 12.8 Å². The largest absolute Gasteiger partial charge is 0.365 e. The molecule has 2 fully saturated rings. The molecule has 1 aliphatic heterocycles. The smallest absolute Gasteiger partial charge is 0.160 e. The lowest BCUT2D eigenvalue weighted by molar-refractivity contribution is 0.523. The SMILES string of the molecule is Cc1nc(N[C@@H]2CNCC23CC3)ccc1-c1ncccn1. The van der Waals surface area contributed by atoms with Gasteiger partial charge < -0.3 is 10.6 Å². The van der Waals surface area contributed by atoms with Crippen molar-refractivity contribution in [2.75, 3.05) is 18.4 Å². The topological polar surface area (TPSA) is 62.7 Å². The van der Waals surface area contributed by atoms with Gasteiger partial charge in [-0.2, -0.15) is 0 Å². The van der Waals surface area contributed by atoms with E-state index in [2.05, 4.69) is 31.7 Å². The Hall–Kier alpha value is -2.01. The van der Waals surface area contributed by atoms with Gasteiger partial charge in [0.2, 0.25) is 0 Å². The Morgan fingerprint density at radius 3 is 2.76 bits per heavy atom. The summed E-state index contributed by atoms with van der Waals surface area (Å²) in [5.41, 5.74) is 2.44. The second kappa shape index (κ2) is 4.77. The molecule has 1 spiro atoms. The number of anilines is 1. The van der Waals surface area contributed by atoms with Crippen LogP contribution in [-0.2, 0) is 0 Å². The first kappa shape index (κ1) is 12.7. The maximum Gasteiger partial charge on any atom is 0.160 e. The Morgan fingerprint density at radius 1 is 1.24 bits per heavy atom. The fraction of sp³-hybridized carbons (Fsp3) is 0.438. The van der Waals surface area contributed by atoms with E-state index in [0.29, 0.717) is 11.5 Å². The average Bonchev–Trinajstić information content (AvgIpc) is 3.18. The first-order valence-corrected chi connectivity index (χ1v) is 7.49. The van der Waals surface area contributed by atoms with Gasteiger partial charge in [0, 0.05) is 42.5 Å². The van der Waals surface area contributed by atoms with Crippen LogP contribution in [0.2, 0.25) is 0 Å². The third kappa shape index (κ3) is 2.27. The summed E-state index contributed by atoms with van der Waals surface area (Å²) in [6.45, 7) is 4.18. The second-order valence-corrected chi connectivity index (χ2v) is 6.09. The Morgan fingerprint density at radius 2 is 2.05 bits per heavy atom. The van der Waals surface area contributed by atoms with E-state index in [-0.39, 0.29) is 0 Å². The molecular weight excluding hydrogens is 262 g/mol. The van der Waals surface area contributed by atoms with Crippen LogP contribution in [0.15, 0.2) is 30.6 Å². The molecule has 2 aliphatic rings. The zero-order valence-electron chi connectivity index (χ0n) is 12.1. The third-order valence-electron chi connectivity index (χ3n) is 4.67. The Bertz CT molecular complexity index is 651. The summed E-state index contributed by atoms with van der Waals surface area (Å²) in [6.07, 6.45) is 6.17. The Balaban J connectivity index is 1.57. The van der Waals surface area contributed by atoms with Gasteiger partial charge in [-0.3, -0.25) is 0 Å². The van der Waals surface area contributed by atoms with Gasteiger partial charge in [0.15, 0.2) is 5.82 Å². The molecule has 0 unspecified atom stereocenters. The standard InChI is InChI=1S/C16H19N5/c1-11-12(15-18-7-2-8-19-15)3-4-14(20-11)21-13-9-17-10-16(13)5-6-16/h2-4,7-8,13,17H,5-6,9-10H2,1H3,(H,20,21)/t13-/m1/s1. The summed E-state index contributed by atoms with van der Waals surface area (Å²) in [6, 6.07) is 6.42. The van der Waals surface area contributed by atoms with Gasteiger partial charge in [0.1, 0.15) is 5.82 Å². The van der Waals surface area contributed by atoms with E-state index in [1.54, 1.807) is 12.4 Å². The molecule has 5 nitrogen and oxygen atoms in total. The average molecular weight is 281 g/mol. The van der Waals surface area contributed by atoms with Crippen LogP contribution in [0.4, 0.5) is 5.82 Å². The zero-order valence-corrected chi connectivity index (χ0v) is 12.1. The number of aromatic nitrogens is 3. The van der Waals surface area contributed by atoms with Crippen molar-refractivity contribution in [1.29, 1.82) is 0 Å². The van der Waals surface area contributed by atoms with Crippen molar-refractivity contribution < 1.29 is 0 Å². The van der Waals surface area contributed by atoms with E-state index in [1.807, 2.05) is 19.1 Å². The molecule has 0 aromatic carbocycles. The van der Waals surface area contributed by atoms with Gasteiger partial charge in [-0.15, -0.1) is 0 Å². The summed E-state index contributed by atoms with van der Waals surface area (Å²) in [5.74, 6) is 1.68. The molecule has 2 aromatic heterocycles. The minimum Gasteiger partial charge on any atom is -0.365 e. The normalized spacial score (nSPS) is 22.4. The third-order valence-corrected chi connectivity index (χ3v) is 4.67. The van der Waals surface area contributed by atoms with E-state index in [9.17, 15) is 0 Å². The second-order valence-electron chi connectivity index (χ2n) is 6.09. The fourth-order valence-corrected chi connectivity index (χ4v) is 3.19.